The van der Waals surface area contributed by atoms with E-state index in [-0.39, 0.29) is 21.2 Å². The van der Waals surface area contributed by atoms with Crippen molar-refractivity contribution in [3.63, 3.8) is 0 Å². The number of hydrogen-bond acceptors (Lipinski definition) is 6. The maximum Gasteiger partial charge on any atom is 0.265 e. The summed E-state index contributed by atoms with van der Waals surface area (Å²) in [4.78, 5) is -0.264. The maximum atomic E-state index is 13.1. The molecule has 0 unspecified atom stereocenters. The minimum Gasteiger partial charge on any atom is -0.497 e. The van der Waals surface area contributed by atoms with Crippen LogP contribution in [0.3, 0.4) is 0 Å². The van der Waals surface area contributed by atoms with Crippen LogP contribution in [0.4, 0.5) is 11.4 Å². The Bertz CT molecular complexity index is 1340. The van der Waals surface area contributed by atoms with Crippen LogP contribution in [0.1, 0.15) is 5.56 Å². The molecule has 0 aromatic heterocycles. The van der Waals surface area contributed by atoms with Crippen molar-refractivity contribution in [3.05, 3.63) is 71.2 Å². The molecule has 0 amide bonds. The Hall–Kier alpha value is -2.95. The number of hydrogen-bond donors (Lipinski definition) is 2. The summed E-state index contributed by atoms with van der Waals surface area (Å²) in [6, 6.07) is 14.6. The molecule has 0 spiro atoms. The van der Waals surface area contributed by atoms with E-state index in [1.807, 2.05) is 0 Å². The highest BCUT2D eigenvalue weighted by molar-refractivity contribution is 7.93. The van der Waals surface area contributed by atoms with Gasteiger partial charge < -0.3 is 9.47 Å². The molecule has 0 atom stereocenters. The van der Waals surface area contributed by atoms with Crippen molar-refractivity contribution in [2.24, 2.45) is 0 Å². The highest BCUT2D eigenvalue weighted by Crippen LogP contribution is 2.31. The highest BCUT2D eigenvalue weighted by atomic mass is 35.5. The minimum absolute atomic E-state index is 0.105. The van der Waals surface area contributed by atoms with Crippen LogP contribution in [-0.2, 0) is 20.0 Å². The van der Waals surface area contributed by atoms with E-state index in [1.165, 1.54) is 56.7 Å². The molecule has 3 aromatic carbocycles. The monoisotopic (exact) mass is 496 g/mol. The van der Waals surface area contributed by atoms with Crippen molar-refractivity contribution in [2.45, 2.75) is 16.7 Å². The number of benzene rings is 3. The third-order valence-corrected chi connectivity index (χ3v) is 7.54. The van der Waals surface area contributed by atoms with E-state index in [0.29, 0.717) is 22.0 Å². The Labute approximate surface area is 192 Å². The van der Waals surface area contributed by atoms with Gasteiger partial charge in [-0.15, -0.1) is 0 Å². The summed E-state index contributed by atoms with van der Waals surface area (Å²) < 4.78 is 66.9. The highest BCUT2D eigenvalue weighted by Gasteiger charge is 2.23. The molecule has 0 heterocycles. The molecule has 0 radical (unpaired) electrons. The summed E-state index contributed by atoms with van der Waals surface area (Å²) in [6.45, 7) is 1.66. The van der Waals surface area contributed by atoms with E-state index in [4.69, 9.17) is 21.1 Å². The van der Waals surface area contributed by atoms with Crippen molar-refractivity contribution in [3.8, 4) is 11.5 Å². The second-order valence-corrected chi connectivity index (χ2v) is 10.5. The molecule has 32 heavy (non-hydrogen) atoms. The average Bonchev–Trinajstić information content (AvgIpc) is 2.76. The fraction of sp³-hybridized carbons (Fsp3) is 0.143. The Balaban J connectivity index is 1.96. The Morgan fingerprint density at radius 3 is 2.09 bits per heavy atom. The van der Waals surface area contributed by atoms with Gasteiger partial charge in [0.25, 0.3) is 20.0 Å². The lowest BCUT2D eigenvalue weighted by atomic mass is 10.2. The first-order valence-electron chi connectivity index (χ1n) is 9.19. The zero-order valence-corrected chi connectivity index (χ0v) is 19.8. The molecular weight excluding hydrogens is 476 g/mol. The van der Waals surface area contributed by atoms with E-state index in [2.05, 4.69) is 9.44 Å². The smallest absolute Gasteiger partial charge is 0.265 e. The van der Waals surface area contributed by atoms with Crippen LogP contribution < -0.4 is 18.9 Å². The standard InChI is InChI=1S/C21H21ClN2O6S2/c1-14-4-10-18(31(25,26)23-16-7-5-15(22)6-8-16)13-19(14)24-32(27,28)21-12-17(29-2)9-11-20(21)30-3/h4-13,23-24H,1-3H3. The molecule has 3 rings (SSSR count). The lowest BCUT2D eigenvalue weighted by Crippen LogP contribution is -2.17. The summed E-state index contributed by atoms with van der Waals surface area (Å²) in [5.41, 5.74) is 0.952. The molecule has 0 aliphatic rings. The van der Waals surface area contributed by atoms with Crippen molar-refractivity contribution in [1.29, 1.82) is 0 Å². The van der Waals surface area contributed by atoms with E-state index in [9.17, 15) is 16.8 Å². The van der Waals surface area contributed by atoms with Crippen LogP contribution in [0, 0.1) is 6.92 Å². The first-order chi connectivity index (χ1) is 15.1. The number of aryl methyl sites for hydroxylation is 1. The molecule has 11 heteroatoms. The van der Waals surface area contributed by atoms with Crippen LogP contribution in [0.25, 0.3) is 0 Å². The van der Waals surface area contributed by atoms with Crippen LogP contribution in [0.15, 0.2) is 70.5 Å². The molecule has 170 valence electrons. The second-order valence-electron chi connectivity index (χ2n) is 6.71. The first-order valence-corrected chi connectivity index (χ1v) is 12.5. The number of ether oxygens (including phenoxy) is 2. The fourth-order valence-electron chi connectivity index (χ4n) is 2.80. The van der Waals surface area contributed by atoms with Crippen LogP contribution in [0.2, 0.25) is 5.02 Å². The minimum atomic E-state index is -4.12. The van der Waals surface area contributed by atoms with Crippen LogP contribution in [-0.4, -0.2) is 31.1 Å². The molecule has 0 saturated heterocycles. The molecule has 0 saturated carbocycles. The van der Waals surface area contributed by atoms with Gasteiger partial charge in [-0.3, -0.25) is 9.44 Å². The lowest BCUT2D eigenvalue weighted by molar-refractivity contribution is 0.392. The molecule has 2 N–H and O–H groups in total. The van der Waals surface area contributed by atoms with Gasteiger partial charge in [0.2, 0.25) is 0 Å². The van der Waals surface area contributed by atoms with Gasteiger partial charge in [0.15, 0.2) is 0 Å². The van der Waals surface area contributed by atoms with Crippen molar-refractivity contribution < 1.29 is 26.3 Å². The van der Waals surface area contributed by atoms with Crippen molar-refractivity contribution in [1.82, 2.24) is 0 Å². The number of halogens is 1. The van der Waals surface area contributed by atoms with Gasteiger partial charge in [0.05, 0.1) is 24.8 Å². The van der Waals surface area contributed by atoms with E-state index >= 15 is 0 Å². The molecule has 0 fully saturated rings. The van der Waals surface area contributed by atoms with Gasteiger partial charge in [0, 0.05) is 16.8 Å². The summed E-state index contributed by atoms with van der Waals surface area (Å²) in [5, 5.41) is 0.466. The van der Waals surface area contributed by atoms with Gasteiger partial charge in [-0.2, -0.15) is 0 Å². The van der Waals surface area contributed by atoms with E-state index in [1.54, 1.807) is 25.1 Å². The molecule has 8 nitrogen and oxygen atoms in total. The maximum absolute atomic E-state index is 13.1. The van der Waals surface area contributed by atoms with Crippen molar-refractivity contribution >= 4 is 43.0 Å². The average molecular weight is 497 g/mol. The number of anilines is 2. The third-order valence-electron chi connectivity index (χ3n) is 4.52. The largest absolute Gasteiger partial charge is 0.497 e. The van der Waals surface area contributed by atoms with Gasteiger partial charge in [0.1, 0.15) is 16.4 Å². The molecule has 0 aliphatic heterocycles. The number of rotatable bonds is 8. The Morgan fingerprint density at radius 2 is 1.47 bits per heavy atom. The van der Waals surface area contributed by atoms with E-state index in [0.717, 1.165) is 0 Å². The zero-order valence-electron chi connectivity index (χ0n) is 17.4. The third kappa shape index (κ3) is 5.26. The molecule has 0 aliphatic carbocycles. The zero-order chi connectivity index (χ0) is 23.5. The first kappa shape index (κ1) is 23.7. The predicted octanol–water partition coefficient (Wildman–Crippen LogP) is 4.27. The SMILES string of the molecule is COc1ccc(OC)c(S(=O)(=O)Nc2cc(S(=O)(=O)Nc3ccc(Cl)cc3)ccc2C)c1. The Kier molecular flexibility index (Phi) is 6.87. The summed E-state index contributed by atoms with van der Waals surface area (Å²) in [7, 11) is -5.34. The second kappa shape index (κ2) is 9.27. The predicted molar refractivity (Wildman–Crippen MR) is 124 cm³/mol. The lowest BCUT2D eigenvalue weighted by Gasteiger charge is -2.15. The number of sulfonamides is 2. The topological polar surface area (TPSA) is 111 Å². The summed E-state index contributed by atoms with van der Waals surface area (Å²) in [5.74, 6) is 0.440. The number of nitrogens with one attached hydrogen (secondary N) is 2. The fourth-order valence-corrected chi connectivity index (χ4v) is 5.32. The van der Waals surface area contributed by atoms with Gasteiger partial charge in [-0.05, 0) is 61.0 Å². The summed E-state index contributed by atoms with van der Waals surface area (Å²) >= 11 is 5.83. The molecule has 3 aromatic rings. The summed E-state index contributed by atoms with van der Waals surface area (Å²) in [6.07, 6.45) is 0. The quantitative estimate of drug-likeness (QED) is 0.482. The van der Waals surface area contributed by atoms with Crippen molar-refractivity contribution in [2.75, 3.05) is 23.7 Å². The normalized spacial score (nSPS) is 11.6. The van der Waals surface area contributed by atoms with Gasteiger partial charge in [-0.1, -0.05) is 17.7 Å². The van der Waals surface area contributed by atoms with E-state index < -0.39 is 20.0 Å². The van der Waals surface area contributed by atoms with Gasteiger partial charge in [-0.25, -0.2) is 16.8 Å². The molecular formula is C21H21ClN2O6S2. The van der Waals surface area contributed by atoms with Gasteiger partial charge >= 0.3 is 0 Å². The Morgan fingerprint density at radius 1 is 0.781 bits per heavy atom. The molecule has 0 bridgehead atoms. The van der Waals surface area contributed by atoms with Crippen LogP contribution >= 0.6 is 11.6 Å². The number of methoxy groups -OCH3 is 2. The van der Waals surface area contributed by atoms with Crippen LogP contribution in [0.5, 0.6) is 11.5 Å².